The average Bonchev–Trinajstić information content (AvgIpc) is 3.39. The van der Waals surface area contributed by atoms with E-state index in [9.17, 15) is 0 Å². The van der Waals surface area contributed by atoms with Gasteiger partial charge in [-0.2, -0.15) is 4.67 Å². The van der Waals surface area contributed by atoms with E-state index in [0.717, 1.165) is 33.0 Å². The van der Waals surface area contributed by atoms with Crippen molar-refractivity contribution in [1.29, 1.82) is 0 Å². The van der Waals surface area contributed by atoms with Crippen molar-refractivity contribution in [3.05, 3.63) is 173 Å². The molecule has 0 saturated heterocycles. The predicted molar refractivity (Wildman–Crippen MR) is 229 cm³/mol. The van der Waals surface area contributed by atoms with E-state index in [4.69, 9.17) is 8.39 Å². The zero-order valence-electron chi connectivity index (χ0n) is 29.5. The van der Waals surface area contributed by atoms with Gasteiger partial charge in [-0.1, -0.05) is 157 Å². The summed E-state index contributed by atoms with van der Waals surface area (Å²) in [4.78, 5) is 1.23. The number of hydrogen-bond acceptors (Lipinski definition) is 4. The summed E-state index contributed by atoms with van der Waals surface area (Å²) in [5, 5.41) is 7.00. The quantitative estimate of drug-likeness (QED) is 0.136. The lowest BCUT2D eigenvalue weighted by Gasteiger charge is -2.37. The largest absolute Gasteiger partial charge is 0.408 e. The van der Waals surface area contributed by atoms with Gasteiger partial charge in [0.25, 0.3) is 0 Å². The first-order valence-corrected chi connectivity index (χ1v) is 21.5. The van der Waals surface area contributed by atoms with Gasteiger partial charge >= 0.3 is 8.16 Å². The molecule has 0 amide bonds. The lowest BCUT2D eigenvalue weighted by atomic mass is 9.88. The Labute approximate surface area is 324 Å². The van der Waals surface area contributed by atoms with Crippen LogP contribution in [-0.4, -0.2) is 6.54 Å². The second-order valence-electron chi connectivity index (χ2n) is 14.1. The lowest BCUT2D eigenvalue weighted by molar-refractivity contribution is 0.351. The summed E-state index contributed by atoms with van der Waals surface area (Å²) in [7, 11) is -1.62. The minimum atomic E-state index is -1.62. The van der Waals surface area contributed by atoms with Crippen molar-refractivity contribution in [2.24, 2.45) is 5.92 Å². The van der Waals surface area contributed by atoms with E-state index in [-0.39, 0.29) is 11.3 Å². The molecule has 1 heterocycles. The molecule has 1 aliphatic rings. The van der Waals surface area contributed by atoms with E-state index in [2.05, 4.69) is 178 Å². The molecule has 8 aromatic rings. The van der Waals surface area contributed by atoms with Gasteiger partial charge in [0, 0.05) is 26.7 Å². The summed E-state index contributed by atoms with van der Waals surface area (Å²) in [5.74, 6) is 0.550. The topological polar surface area (TPSA) is 29.5 Å². The van der Waals surface area contributed by atoms with Crippen LogP contribution >= 0.6 is 35.9 Å². The van der Waals surface area contributed by atoms with E-state index in [1.165, 1.54) is 69.7 Å². The van der Waals surface area contributed by atoms with E-state index in [1.54, 1.807) is 0 Å². The summed E-state index contributed by atoms with van der Waals surface area (Å²) < 4.78 is 18.5. The maximum Gasteiger partial charge on any atom is 0.310 e. The minimum absolute atomic E-state index is 0.0495. The zero-order valence-corrected chi connectivity index (χ0v) is 32.8. The Morgan fingerprint density at radius 2 is 1.11 bits per heavy atom. The van der Waals surface area contributed by atoms with Gasteiger partial charge in [0.1, 0.15) is 11.2 Å². The van der Waals surface area contributed by atoms with Crippen molar-refractivity contribution in [2.45, 2.75) is 48.3 Å². The Hall–Kier alpha value is -4.25. The van der Waals surface area contributed by atoms with Gasteiger partial charge in [-0.05, 0) is 87.8 Å². The van der Waals surface area contributed by atoms with Crippen molar-refractivity contribution in [2.75, 3.05) is 11.2 Å². The van der Waals surface area contributed by atoms with Crippen molar-refractivity contribution >= 4 is 79.3 Å². The van der Waals surface area contributed by atoms with Crippen LogP contribution in [0, 0.1) is 5.92 Å². The standard InChI is InChI=1S/C47H41BrNO2PS/c48-38-26-28-39(29-27-38)53-47(37-20-8-3-9-21-37)46(36-18-6-2-7-19-36)49(32-33-14-4-1-5-15-33)52-50-42-30-24-34-16-10-12-22-40(34)44(42)45-41-23-13-11-17-35(41)25-31-43(45)51-52/h2-3,6-13,16-31,33,46-47H,1,4-5,14-15,32H2/t46-,47+/m0/s1. The molecule has 9 rings (SSSR count). The summed E-state index contributed by atoms with van der Waals surface area (Å²) >= 11 is 5.59. The third-order valence-electron chi connectivity index (χ3n) is 10.7. The molecule has 1 saturated carbocycles. The van der Waals surface area contributed by atoms with Gasteiger partial charge < -0.3 is 8.39 Å². The molecule has 0 spiro atoms. The van der Waals surface area contributed by atoms with Crippen molar-refractivity contribution in [3.8, 4) is 0 Å². The molecule has 1 fully saturated rings. The zero-order chi connectivity index (χ0) is 35.6. The summed E-state index contributed by atoms with van der Waals surface area (Å²) in [6, 6.07) is 56.9. The highest BCUT2D eigenvalue weighted by molar-refractivity contribution is 9.10. The molecule has 1 aliphatic carbocycles. The van der Waals surface area contributed by atoms with Crippen LogP contribution in [0.25, 0.3) is 43.5 Å². The van der Waals surface area contributed by atoms with Gasteiger partial charge in [0.15, 0.2) is 0 Å². The van der Waals surface area contributed by atoms with Gasteiger partial charge in [0.05, 0.1) is 11.3 Å². The van der Waals surface area contributed by atoms with Crippen molar-refractivity contribution < 1.29 is 8.39 Å². The average molecular weight is 795 g/mol. The summed E-state index contributed by atoms with van der Waals surface area (Å²) in [5.41, 5.74) is 4.30. The Morgan fingerprint density at radius 1 is 0.585 bits per heavy atom. The Balaban J connectivity index is 1.34. The summed E-state index contributed by atoms with van der Waals surface area (Å²) in [6.45, 7) is 0.890. The van der Waals surface area contributed by atoms with Gasteiger partial charge in [-0.3, -0.25) is 0 Å². The fourth-order valence-corrected chi connectivity index (χ4v) is 11.5. The minimum Gasteiger partial charge on any atom is -0.408 e. The highest BCUT2D eigenvalue weighted by Gasteiger charge is 2.37. The fraction of sp³-hybridized carbons (Fsp3) is 0.191. The Kier molecular flexibility index (Phi) is 10.2. The van der Waals surface area contributed by atoms with E-state index < -0.39 is 8.16 Å². The predicted octanol–water partition coefficient (Wildman–Crippen LogP) is 15.2. The first kappa shape index (κ1) is 34.5. The van der Waals surface area contributed by atoms with Crippen molar-refractivity contribution in [1.82, 2.24) is 0 Å². The lowest BCUT2D eigenvalue weighted by Crippen LogP contribution is -2.34. The highest BCUT2D eigenvalue weighted by Crippen LogP contribution is 2.53. The molecule has 0 unspecified atom stereocenters. The van der Waals surface area contributed by atoms with E-state index in [1.807, 2.05) is 11.8 Å². The monoisotopic (exact) mass is 793 g/mol. The third-order valence-corrected chi connectivity index (χ3v) is 14.1. The maximum absolute atomic E-state index is 7.41. The molecule has 53 heavy (non-hydrogen) atoms. The second kappa shape index (κ2) is 15.6. The van der Waals surface area contributed by atoms with Gasteiger partial charge in [-0.15, -0.1) is 11.8 Å². The number of fused-ring (bicyclic) bond motifs is 7. The number of thioether (sulfide) groups is 1. The molecular formula is C47H41BrNO2PS. The van der Waals surface area contributed by atoms with Crippen LogP contribution in [-0.2, 0) is 0 Å². The molecule has 2 atom stereocenters. The molecule has 0 radical (unpaired) electrons. The normalized spacial score (nSPS) is 15.0. The first-order valence-electron chi connectivity index (χ1n) is 18.7. The highest BCUT2D eigenvalue weighted by atomic mass is 79.9. The van der Waals surface area contributed by atoms with Crippen LogP contribution in [0.3, 0.4) is 0 Å². The number of halogens is 1. The maximum atomic E-state index is 7.41. The van der Waals surface area contributed by atoms with Gasteiger partial charge in [-0.25, -0.2) is 0 Å². The SMILES string of the molecule is Brc1ccc(S[C@H](c2ccccc2)[C@H](c2ccccc2)N(CC2CCCCC2)p2oc3ccc4ccccc4c3c3c(ccc4ccccc43)o2)cc1. The molecule has 7 aromatic carbocycles. The molecule has 1 aromatic heterocycles. The van der Waals surface area contributed by atoms with Crippen LogP contribution in [0.1, 0.15) is 54.5 Å². The molecule has 0 bridgehead atoms. The molecule has 0 N–H and O–H groups in total. The molecule has 3 nitrogen and oxygen atoms in total. The van der Waals surface area contributed by atoms with Crippen LogP contribution < -0.4 is 4.67 Å². The van der Waals surface area contributed by atoms with E-state index >= 15 is 0 Å². The van der Waals surface area contributed by atoms with E-state index in [0.29, 0.717) is 5.92 Å². The van der Waals surface area contributed by atoms with Crippen LogP contribution in [0.15, 0.2) is 175 Å². The fourth-order valence-electron chi connectivity index (χ4n) is 8.15. The molecule has 264 valence electrons. The van der Waals surface area contributed by atoms with Crippen LogP contribution in [0.5, 0.6) is 0 Å². The van der Waals surface area contributed by atoms with Crippen molar-refractivity contribution in [3.63, 3.8) is 0 Å². The van der Waals surface area contributed by atoms with Crippen LogP contribution in [0.2, 0.25) is 0 Å². The molecule has 6 heteroatoms. The number of benzene rings is 7. The smallest absolute Gasteiger partial charge is 0.310 e. The Morgan fingerprint density at radius 3 is 1.70 bits per heavy atom. The Bertz CT molecular complexity index is 2440. The second-order valence-corrected chi connectivity index (χ2v) is 17.6. The first-order chi connectivity index (χ1) is 26.2. The van der Waals surface area contributed by atoms with Crippen LogP contribution in [0.4, 0.5) is 0 Å². The number of hydrogen-bond donors (Lipinski definition) is 0. The third kappa shape index (κ3) is 7.21. The van der Waals surface area contributed by atoms with Gasteiger partial charge in [0.2, 0.25) is 0 Å². The number of nitrogens with zero attached hydrogens (tertiary/aromatic N) is 1. The molecular weight excluding hydrogens is 753 g/mol. The number of rotatable bonds is 9. The summed E-state index contributed by atoms with van der Waals surface area (Å²) in [6.07, 6.45) is 6.30. The molecule has 0 aliphatic heterocycles.